The van der Waals surface area contributed by atoms with E-state index >= 15 is 0 Å². The van der Waals surface area contributed by atoms with E-state index in [0.29, 0.717) is 30.1 Å². The van der Waals surface area contributed by atoms with Crippen LogP contribution in [0.2, 0.25) is 0 Å². The van der Waals surface area contributed by atoms with Gasteiger partial charge in [-0.15, -0.1) is 0 Å². The number of hydrogen-bond acceptors (Lipinski definition) is 7. The van der Waals surface area contributed by atoms with Crippen molar-refractivity contribution in [3.8, 4) is 5.75 Å². The second kappa shape index (κ2) is 9.61. The third-order valence-corrected chi connectivity index (χ3v) is 7.36. The van der Waals surface area contributed by atoms with E-state index in [2.05, 4.69) is 5.32 Å². The van der Waals surface area contributed by atoms with Gasteiger partial charge < -0.3 is 19.2 Å². The molecule has 1 fully saturated rings. The second-order valence-electron chi connectivity index (χ2n) is 8.21. The summed E-state index contributed by atoms with van der Waals surface area (Å²) in [5.41, 5.74) is 1.05. The van der Waals surface area contributed by atoms with Gasteiger partial charge >= 0.3 is 5.76 Å². The predicted molar refractivity (Wildman–Crippen MR) is 126 cm³/mol. The molecule has 1 amide bonds. The molecule has 11 heteroatoms. The van der Waals surface area contributed by atoms with Crippen LogP contribution in [-0.2, 0) is 19.6 Å². The number of fused-ring (bicyclic) bond motifs is 1. The van der Waals surface area contributed by atoms with Gasteiger partial charge in [0.25, 0.3) is 0 Å². The van der Waals surface area contributed by atoms with Crippen molar-refractivity contribution >= 4 is 32.7 Å². The van der Waals surface area contributed by atoms with Gasteiger partial charge in [-0.1, -0.05) is 12.1 Å². The summed E-state index contributed by atoms with van der Waals surface area (Å²) in [7, 11) is -3.79. The molecule has 4 rings (SSSR count). The standard InChI is InChI=1S/C23H27N3O7S/c1-15(2)32-20-9-8-17(34(29,30)25-10-12-31-13-11-25)14-18(20)24-22(27)16(3)26-19-6-4-5-7-21(19)33-23(26)28/h4-9,14-16H,10-13H2,1-3H3,(H,24,27). The van der Waals surface area contributed by atoms with Crippen LogP contribution in [0.1, 0.15) is 26.8 Å². The lowest BCUT2D eigenvalue weighted by Gasteiger charge is -2.26. The fraction of sp³-hybridized carbons (Fsp3) is 0.391. The minimum atomic E-state index is -3.79. The number of carbonyl (C=O) groups is 1. The minimum absolute atomic E-state index is 0.0272. The van der Waals surface area contributed by atoms with E-state index in [1.807, 2.05) is 13.8 Å². The number of oxazole rings is 1. The second-order valence-corrected chi connectivity index (χ2v) is 10.1. The van der Waals surface area contributed by atoms with E-state index in [0.717, 1.165) is 0 Å². The maximum absolute atomic E-state index is 13.2. The lowest BCUT2D eigenvalue weighted by molar-refractivity contribution is -0.118. The van der Waals surface area contributed by atoms with Crippen LogP contribution in [0.4, 0.5) is 5.69 Å². The van der Waals surface area contributed by atoms with Crippen molar-refractivity contribution in [2.75, 3.05) is 31.6 Å². The van der Waals surface area contributed by atoms with Gasteiger partial charge in [-0.05, 0) is 51.1 Å². The summed E-state index contributed by atoms with van der Waals surface area (Å²) < 4.78 is 45.1. The number of rotatable bonds is 7. The smallest absolute Gasteiger partial charge is 0.420 e. The van der Waals surface area contributed by atoms with Gasteiger partial charge in [-0.2, -0.15) is 4.31 Å². The Hall–Kier alpha value is -3.15. The lowest BCUT2D eigenvalue weighted by atomic mass is 10.2. The molecule has 0 bridgehead atoms. The first-order chi connectivity index (χ1) is 16.2. The Morgan fingerprint density at radius 1 is 1.09 bits per heavy atom. The lowest BCUT2D eigenvalue weighted by Crippen LogP contribution is -2.40. The van der Waals surface area contributed by atoms with E-state index in [-0.39, 0.29) is 29.8 Å². The highest BCUT2D eigenvalue weighted by Gasteiger charge is 2.28. The normalized spacial score (nSPS) is 16.0. The summed E-state index contributed by atoms with van der Waals surface area (Å²) >= 11 is 0. The van der Waals surface area contributed by atoms with Crippen molar-refractivity contribution in [2.24, 2.45) is 0 Å². The zero-order valence-corrected chi connectivity index (χ0v) is 20.0. The molecule has 1 N–H and O–H groups in total. The molecular formula is C23H27N3O7S. The average Bonchev–Trinajstić information content (AvgIpc) is 3.15. The Morgan fingerprint density at radius 3 is 2.50 bits per heavy atom. The molecule has 1 aliphatic heterocycles. The molecule has 1 aliphatic rings. The largest absolute Gasteiger partial charge is 0.489 e. The highest BCUT2D eigenvalue weighted by atomic mass is 32.2. The SMILES string of the molecule is CC(C)Oc1ccc(S(=O)(=O)N2CCOCC2)cc1NC(=O)C(C)n1c(=O)oc2ccccc21. The van der Waals surface area contributed by atoms with Crippen molar-refractivity contribution in [1.29, 1.82) is 0 Å². The first-order valence-electron chi connectivity index (χ1n) is 11.0. The van der Waals surface area contributed by atoms with Crippen LogP contribution in [0.3, 0.4) is 0 Å². The molecule has 2 aromatic carbocycles. The summed E-state index contributed by atoms with van der Waals surface area (Å²) in [5.74, 6) is -0.866. The van der Waals surface area contributed by atoms with Gasteiger partial charge in [0, 0.05) is 13.1 Å². The Morgan fingerprint density at radius 2 is 1.79 bits per heavy atom. The third-order valence-electron chi connectivity index (χ3n) is 5.46. The maximum Gasteiger partial charge on any atom is 0.420 e. The quantitative estimate of drug-likeness (QED) is 0.542. The first-order valence-corrected chi connectivity index (χ1v) is 12.4. The Kier molecular flexibility index (Phi) is 6.78. The van der Waals surface area contributed by atoms with E-state index in [9.17, 15) is 18.0 Å². The summed E-state index contributed by atoms with van der Waals surface area (Å²) in [5, 5.41) is 2.74. The fourth-order valence-corrected chi connectivity index (χ4v) is 5.20. The number of nitrogens with one attached hydrogen (secondary N) is 1. The number of ether oxygens (including phenoxy) is 2. The van der Waals surface area contributed by atoms with Gasteiger partial charge in [0.2, 0.25) is 15.9 Å². The minimum Gasteiger partial charge on any atom is -0.489 e. The number of nitrogens with zero attached hydrogens (tertiary/aromatic N) is 2. The van der Waals surface area contributed by atoms with Crippen LogP contribution in [0.5, 0.6) is 5.75 Å². The van der Waals surface area contributed by atoms with Crippen LogP contribution in [0, 0.1) is 0 Å². The van der Waals surface area contributed by atoms with E-state index in [4.69, 9.17) is 13.9 Å². The van der Waals surface area contributed by atoms with Crippen molar-refractivity contribution < 1.29 is 27.1 Å². The molecule has 3 aromatic rings. The number of carbonyl (C=O) groups excluding carboxylic acids is 1. The number of aromatic nitrogens is 1. The molecular weight excluding hydrogens is 462 g/mol. The Bertz CT molecular complexity index is 1350. The molecule has 1 aromatic heterocycles. The van der Waals surface area contributed by atoms with Crippen LogP contribution in [0.15, 0.2) is 56.6 Å². The molecule has 0 saturated carbocycles. The Labute approximate surface area is 197 Å². The van der Waals surface area contributed by atoms with Crippen LogP contribution >= 0.6 is 0 Å². The van der Waals surface area contributed by atoms with E-state index in [1.54, 1.807) is 31.2 Å². The first kappa shape index (κ1) is 24.0. The predicted octanol–water partition coefficient (Wildman–Crippen LogP) is 2.60. The molecule has 0 spiro atoms. The average molecular weight is 490 g/mol. The molecule has 0 radical (unpaired) electrons. The van der Waals surface area contributed by atoms with Crippen molar-refractivity contribution in [2.45, 2.75) is 37.8 Å². The number of anilines is 1. The number of hydrogen-bond donors (Lipinski definition) is 1. The van der Waals surface area contributed by atoms with Crippen LogP contribution < -0.4 is 15.8 Å². The van der Waals surface area contributed by atoms with Crippen molar-refractivity contribution in [3.05, 3.63) is 53.0 Å². The van der Waals surface area contributed by atoms with Gasteiger partial charge in [-0.3, -0.25) is 9.36 Å². The maximum atomic E-state index is 13.2. The van der Waals surface area contributed by atoms with Crippen molar-refractivity contribution in [3.63, 3.8) is 0 Å². The van der Waals surface area contributed by atoms with Gasteiger partial charge in [0.05, 0.1) is 35.4 Å². The number of amides is 1. The van der Waals surface area contributed by atoms with E-state index in [1.165, 1.54) is 27.1 Å². The van der Waals surface area contributed by atoms with Gasteiger partial charge in [0.15, 0.2) is 5.58 Å². The molecule has 34 heavy (non-hydrogen) atoms. The summed E-state index contributed by atoms with van der Waals surface area (Å²) in [6.07, 6.45) is -0.213. The molecule has 10 nitrogen and oxygen atoms in total. The monoisotopic (exact) mass is 489 g/mol. The summed E-state index contributed by atoms with van der Waals surface area (Å²) in [4.78, 5) is 25.6. The number of sulfonamides is 1. The highest BCUT2D eigenvalue weighted by molar-refractivity contribution is 7.89. The zero-order chi connectivity index (χ0) is 24.5. The van der Waals surface area contributed by atoms with Crippen LogP contribution in [-0.4, -0.2) is 55.6 Å². The number of morpholine rings is 1. The summed E-state index contributed by atoms with van der Waals surface area (Å²) in [6.45, 7) is 6.36. The molecule has 182 valence electrons. The number of benzene rings is 2. The van der Waals surface area contributed by atoms with Gasteiger partial charge in [0.1, 0.15) is 11.8 Å². The third kappa shape index (κ3) is 4.72. The highest BCUT2D eigenvalue weighted by Crippen LogP contribution is 2.31. The fourth-order valence-electron chi connectivity index (χ4n) is 3.77. The molecule has 1 saturated heterocycles. The molecule has 0 aliphatic carbocycles. The molecule has 2 heterocycles. The van der Waals surface area contributed by atoms with Crippen molar-refractivity contribution in [1.82, 2.24) is 8.87 Å². The van der Waals surface area contributed by atoms with Gasteiger partial charge in [-0.25, -0.2) is 13.2 Å². The van der Waals surface area contributed by atoms with Crippen LogP contribution in [0.25, 0.3) is 11.1 Å². The topological polar surface area (TPSA) is 120 Å². The summed E-state index contributed by atoms with van der Waals surface area (Å²) in [6, 6.07) is 10.2. The Balaban J connectivity index is 1.67. The molecule has 1 unspecified atom stereocenters. The zero-order valence-electron chi connectivity index (χ0n) is 19.2. The number of para-hydroxylation sites is 2. The molecule has 1 atom stereocenters. The van der Waals surface area contributed by atoms with E-state index < -0.39 is 27.7 Å².